The van der Waals surface area contributed by atoms with E-state index in [1.165, 1.54) is 5.56 Å². The molecule has 0 saturated carbocycles. The van der Waals surface area contributed by atoms with Gasteiger partial charge in [-0.25, -0.2) is 0 Å². The highest BCUT2D eigenvalue weighted by Gasteiger charge is 2.12. The summed E-state index contributed by atoms with van der Waals surface area (Å²) < 4.78 is 1.10. The van der Waals surface area contributed by atoms with Gasteiger partial charge in [-0.2, -0.15) is 0 Å². The molecule has 2 aromatic rings. The molecular formula is C14H16BrN3. The summed E-state index contributed by atoms with van der Waals surface area (Å²) in [6.07, 6.45) is 6.18. The smallest absolute Gasteiger partial charge is 0.0759 e. The third kappa shape index (κ3) is 3.62. The van der Waals surface area contributed by atoms with Crippen LogP contribution in [-0.2, 0) is 6.42 Å². The molecule has 1 atom stereocenters. The molecule has 0 aliphatic heterocycles. The van der Waals surface area contributed by atoms with Crippen molar-refractivity contribution in [1.82, 2.24) is 15.3 Å². The molecule has 18 heavy (non-hydrogen) atoms. The third-order valence-electron chi connectivity index (χ3n) is 2.74. The lowest BCUT2D eigenvalue weighted by molar-refractivity contribution is 0.534. The van der Waals surface area contributed by atoms with Gasteiger partial charge in [-0.15, -0.1) is 0 Å². The van der Waals surface area contributed by atoms with Crippen LogP contribution in [0, 0.1) is 0 Å². The van der Waals surface area contributed by atoms with Gasteiger partial charge < -0.3 is 5.32 Å². The predicted molar refractivity (Wildman–Crippen MR) is 76.3 cm³/mol. The maximum Gasteiger partial charge on any atom is 0.0759 e. The van der Waals surface area contributed by atoms with E-state index >= 15 is 0 Å². The zero-order valence-electron chi connectivity index (χ0n) is 10.3. The third-order valence-corrected chi connectivity index (χ3v) is 3.27. The summed E-state index contributed by atoms with van der Waals surface area (Å²) in [5.41, 5.74) is 2.28. The van der Waals surface area contributed by atoms with Crippen molar-refractivity contribution in [2.24, 2.45) is 0 Å². The number of halogens is 1. The number of aromatic nitrogens is 2. The summed E-state index contributed by atoms with van der Waals surface area (Å²) in [6, 6.07) is 8.60. The number of nitrogens with zero attached hydrogens (tertiary/aromatic N) is 2. The number of hydrogen-bond donors (Lipinski definition) is 1. The minimum absolute atomic E-state index is 0.213. The second-order valence-corrected chi connectivity index (χ2v) is 4.99. The Labute approximate surface area is 116 Å². The molecule has 1 aromatic carbocycles. The number of rotatable bonds is 5. The fourth-order valence-electron chi connectivity index (χ4n) is 1.87. The van der Waals surface area contributed by atoms with Gasteiger partial charge >= 0.3 is 0 Å². The van der Waals surface area contributed by atoms with E-state index in [4.69, 9.17) is 0 Å². The van der Waals surface area contributed by atoms with Crippen LogP contribution in [0.4, 0.5) is 0 Å². The standard InChI is InChI=1S/C14H16BrN3/c1-2-17-13(14-10-16-7-8-18-14)9-11-3-5-12(15)6-4-11/h3-8,10,13,17H,2,9H2,1H3. The van der Waals surface area contributed by atoms with Crippen LogP contribution in [0.5, 0.6) is 0 Å². The minimum Gasteiger partial charge on any atom is -0.309 e. The second kappa shape index (κ2) is 6.61. The summed E-state index contributed by atoms with van der Waals surface area (Å²) in [7, 11) is 0. The van der Waals surface area contributed by atoms with Crippen LogP contribution in [0.1, 0.15) is 24.2 Å². The average Bonchev–Trinajstić information content (AvgIpc) is 2.42. The van der Waals surface area contributed by atoms with E-state index in [0.29, 0.717) is 0 Å². The van der Waals surface area contributed by atoms with Crippen LogP contribution in [0.2, 0.25) is 0 Å². The van der Waals surface area contributed by atoms with E-state index in [1.807, 2.05) is 6.20 Å². The number of benzene rings is 1. The summed E-state index contributed by atoms with van der Waals surface area (Å²) in [5, 5.41) is 3.45. The minimum atomic E-state index is 0.213. The predicted octanol–water partition coefficient (Wildman–Crippen LogP) is 3.13. The van der Waals surface area contributed by atoms with E-state index in [-0.39, 0.29) is 6.04 Å². The van der Waals surface area contributed by atoms with Gasteiger partial charge in [-0.1, -0.05) is 35.0 Å². The van der Waals surface area contributed by atoms with Gasteiger partial charge in [0.05, 0.1) is 11.7 Å². The molecule has 0 aliphatic carbocycles. The van der Waals surface area contributed by atoms with E-state index in [9.17, 15) is 0 Å². The molecule has 0 amide bonds. The van der Waals surface area contributed by atoms with E-state index in [1.54, 1.807) is 12.4 Å². The maximum atomic E-state index is 4.38. The normalized spacial score (nSPS) is 12.3. The zero-order valence-corrected chi connectivity index (χ0v) is 11.9. The average molecular weight is 306 g/mol. The molecule has 3 nitrogen and oxygen atoms in total. The van der Waals surface area contributed by atoms with Crippen LogP contribution in [0.15, 0.2) is 47.3 Å². The lowest BCUT2D eigenvalue weighted by Crippen LogP contribution is -2.24. The monoisotopic (exact) mass is 305 g/mol. The number of likely N-dealkylation sites (N-methyl/N-ethyl adjacent to an activating group) is 1. The van der Waals surface area contributed by atoms with Gasteiger partial charge in [0.15, 0.2) is 0 Å². The van der Waals surface area contributed by atoms with Crippen molar-refractivity contribution in [2.75, 3.05) is 6.54 Å². The summed E-state index contributed by atoms with van der Waals surface area (Å²) in [6.45, 7) is 3.02. The molecule has 0 fully saturated rings. The van der Waals surface area contributed by atoms with Crippen molar-refractivity contribution < 1.29 is 0 Å². The van der Waals surface area contributed by atoms with Gasteiger partial charge in [0.1, 0.15) is 0 Å². The Hall–Kier alpha value is -1.26. The highest BCUT2D eigenvalue weighted by Crippen LogP contribution is 2.17. The van der Waals surface area contributed by atoms with Gasteiger partial charge in [-0.05, 0) is 30.7 Å². The molecular weight excluding hydrogens is 290 g/mol. The SMILES string of the molecule is CCNC(Cc1ccc(Br)cc1)c1cnccn1. The Balaban J connectivity index is 2.14. The molecule has 1 N–H and O–H groups in total. The first-order chi connectivity index (χ1) is 8.79. The lowest BCUT2D eigenvalue weighted by atomic mass is 10.0. The van der Waals surface area contributed by atoms with E-state index in [0.717, 1.165) is 23.1 Å². The Morgan fingerprint density at radius 1 is 1.22 bits per heavy atom. The summed E-state index contributed by atoms with van der Waals surface area (Å²) in [5.74, 6) is 0. The van der Waals surface area contributed by atoms with Crippen molar-refractivity contribution in [3.8, 4) is 0 Å². The molecule has 1 unspecified atom stereocenters. The van der Waals surface area contributed by atoms with Gasteiger partial charge in [0.25, 0.3) is 0 Å². The van der Waals surface area contributed by atoms with Crippen molar-refractivity contribution in [1.29, 1.82) is 0 Å². The zero-order chi connectivity index (χ0) is 12.8. The highest BCUT2D eigenvalue weighted by atomic mass is 79.9. The lowest BCUT2D eigenvalue weighted by Gasteiger charge is -2.17. The highest BCUT2D eigenvalue weighted by molar-refractivity contribution is 9.10. The largest absolute Gasteiger partial charge is 0.309 e. The van der Waals surface area contributed by atoms with Gasteiger partial charge in [0, 0.05) is 23.1 Å². The first-order valence-corrected chi connectivity index (χ1v) is 6.82. The quantitative estimate of drug-likeness (QED) is 0.922. The Kier molecular flexibility index (Phi) is 4.84. The topological polar surface area (TPSA) is 37.8 Å². The fraction of sp³-hybridized carbons (Fsp3) is 0.286. The Bertz CT molecular complexity index is 470. The molecule has 0 aliphatic rings. The molecule has 0 spiro atoms. The molecule has 1 heterocycles. The molecule has 2 rings (SSSR count). The molecule has 1 aromatic heterocycles. The molecule has 94 valence electrons. The van der Waals surface area contributed by atoms with E-state index in [2.05, 4.69) is 62.4 Å². The van der Waals surface area contributed by atoms with Crippen LogP contribution in [0.3, 0.4) is 0 Å². The first kappa shape index (κ1) is 13.2. The summed E-state index contributed by atoms with van der Waals surface area (Å²) >= 11 is 3.45. The molecule has 0 radical (unpaired) electrons. The van der Waals surface area contributed by atoms with Crippen LogP contribution in [-0.4, -0.2) is 16.5 Å². The first-order valence-electron chi connectivity index (χ1n) is 6.03. The number of nitrogens with one attached hydrogen (secondary N) is 1. The van der Waals surface area contributed by atoms with Gasteiger partial charge in [-0.3, -0.25) is 9.97 Å². The van der Waals surface area contributed by atoms with Crippen LogP contribution in [0.25, 0.3) is 0 Å². The van der Waals surface area contributed by atoms with Crippen molar-refractivity contribution in [3.05, 3.63) is 58.6 Å². The Morgan fingerprint density at radius 3 is 2.61 bits per heavy atom. The van der Waals surface area contributed by atoms with Crippen molar-refractivity contribution in [2.45, 2.75) is 19.4 Å². The summed E-state index contributed by atoms with van der Waals surface area (Å²) in [4.78, 5) is 8.51. The van der Waals surface area contributed by atoms with Crippen molar-refractivity contribution in [3.63, 3.8) is 0 Å². The van der Waals surface area contributed by atoms with Crippen molar-refractivity contribution >= 4 is 15.9 Å². The van der Waals surface area contributed by atoms with E-state index < -0.39 is 0 Å². The molecule has 4 heteroatoms. The molecule has 0 saturated heterocycles. The van der Waals surface area contributed by atoms with Crippen LogP contribution < -0.4 is 5.32 Å². The fourth-order valence-corrected chi connectivity index (χ4v) is 2.14. The Morgan fingerprint density at radius 2 is 2.00 bits per heavy atom. The molecule has 0 bridgehead atoms. The maximum absolute atomic E-state index is 4.38. The second-order valence-electron chi connectivity index (χ2n) is 4.07. The van der Waals surface area contributed by atoms with Crippen LogP contribution >= 0.6 is 15.9 Å². The number of hydrogen-bond acceptors (Lipinski definition) is 3. The van der Waals surface area contributed by atoms with Gasteiger partial charge in [0.2, 0.25) is 0 Å².